The van der Waals surface area contributed by atoms with Gasteiger partial charge in [0.1, 0.15) is 23.2 Å². The van der Waals surface area contributed by atoms with Crippen LogP contribution in [0.15, 0.2) is 73.8 Å². The second-order valence-corrected chi connectivity index (χ2v) is 12.0. The van der Waals surface area contributed by atoms with Crippen molar-refractivity contribution in [2.45, 2.75) is 64.6 Å². The Labute approximate surface area is 250 Å². The maximum absolute atomic E-state index is 14.7. The van der Waals surface area contributed by atoms with E-state index in [1.165, 1.54) is 12.2 Å². The summed E-state index contributed by atoms with van der Waals surface area (Å²) in [5, 5.41) is 0.413. The van der Waals surface area contributed by atoms with E-state index in [4.69, 9.17) is 18.9 Å². The first kappa shape index (κ1) is 31.1. The number of amides is 2. The van der Waals surface area contributed by atoms with Gasteiger partial charge in [0, 0.05) is 10.9 Å². The van der Waals surface area contributed by atoms with Crippen LogP contribution in [0, 0.1) is 0 Å². The fourth-order valence-corrected chi connectivity index (χ4v) is 5.14. The van der Waals surface area contributed by atoms with Crippen molar-refractivity contribution in [3.05, 3.63) is 85.0 Å². The Morgan fingerprint density at radius 2 is 1.47 bits per heavy atom. The van der Waals surface area contributed by atoms with Gasteiger partial charge >= 0.3 is 18.3 Å². The third-order valence-corrected chi connectivity index (χ3v) is 6.53. The lowest BCUT2D eigenvalue weighted by atomic mass is 9.72. The average molecular weight is 589 g/mol. The van der Waals surface area contributed by atoms with Crippen LogP contribution in [0.25, 0.3) is 10.9 Å². The molecular formula is C33H36N2O8. The van der Waals surface area contributed by atoms with E-state index >= 15 is 0 Å². The number of hydrogen-bond donors (Lipinski definition) is 0. The number of anilines is 1. The van der Waals surface area contributed by atoms with E-state index in [0.29, 0.717) is 16.5 Å². The third-order valence-electron chi connectivity index (χ3n) is 6.53. The zero-order valence-corrected chi connectivity index (χ0v) is 25.3. The predicted octanol–water partition coefficient (Wildman–Crippen LogP) is 7.27. The van der Waals surface area contributed by atoms with Gasteiger partial charge in [0.15, 0.2) is 0 Å². The van der Waals surface area contributed by atoms with Gasteiger partial charge in [-0.3, -0.25) is 4.79 Å². The van der Waals surface area contributed by atoms with Gasteiger partial charge in [0.25, 0.3) is 5.91 Å². The second-order valence-electron chi connectivity index (χ2n) is 12.0. The van der Waals surface area contributed by atoms with Gasteiger partial charge in [-0.15, -0.1) is 6.58 Å². The number of hydrogen-bond acceptors (Lipinski definition) is 8. The summed E-state index contributed by atoms with van der Waals surface area (Å²) >= 11 is 0. The van der Waals surface area contributed by atoms with E-state index in [1.807, 2.05) is 0 Å². The Hall–Kier alpha value is -4.86. The number of rotatable bonds is 6. The highest BCUT2D eigenvalue weighted by Crippen LogP contribution is 2.54. The molecular weight excluding hydrogens is 552 g/mol. The van der Waals surface area contributed by atoms with Crippen LogP contribution in [0.5, 0.6) is 5.88 Å². The molecule has 1 unspecified atom stereocenters. The SMILES string of the molecule is C=CCOC(=O)Oc1c(C2(CC=C)C(=O)N(C(=O)OC(C)(C)C)c3ccccc32)c2ccccc2n1C(=O)OC(C)(C)C. The lowest BCUT2D eigenvalue weighted by molar-refractivity contribution is -0.121. The number of fused-ring (bicyclic) bond motifs is 2. The summed E-state index contributed by atoms with van der Waals surface area (Å²) in [6.45, 7) is 17.5. The summed E-state index contributed by atoms with van der Waals surface area (Å²) < 4.78 is 23.3. The number of nitrogens with zero attached hydrogens (tertiary/aromatic N) is 2. The van der Waals surface area contributed by atoms with Gasteiger partial charge < -0.3 is 18.9 Å². The number of benzene rings is 2. The maximum atomic E-state index is 14.7. The Morgan fingerprint density at radius 1 is 0.860 bits per heavy atom. The molecule has 0 aliphatic carbocycles. The minimum atomic E-state index is -1.67. The van der Waals surface area contributed by atoms with Crippen LogP contribution in [0.1, 0.15) is 59.1 Å². The van der Waals surface area contributed by atoms with Crippen LogP contribution >= 0.6 is 0 Å². The summed E-state index contributed by atoms with van der Waals surface area (Å²) in [6.07, 6.45) is 0.0120. The number of para-hydroxylation sites is 2. The molecule has 0 saturated carbocycles. The molecule has 2 aromatic carbocycles. The summed E-state index contributed by atoms with van der Waals surface area (Å²) in [6, 6.07) is 13.5. The molecule has 0 bridgehead atoms. The first-order valence-corrected chi connectivity index (χ1v) is 13.8. The van der Waals surface area contributed by atoms with E-state index in [2.05, 4.69) is 13.2 Å². The standard InChI is InChI=1S/C33H36N2O8/c1-9-19-33(22-16-12-14-18-24(22)35(27(33)36)29(38)43-32(6,7)8)25-21-15-11-13-17-23(21)34(28(37)42-31(3,4)5)26(25)41-30(39)40-20-10-2/h9-18H,1-2,19-20H2,3-8H3. The average Bonchev–Trinajstić information content (AvgIpc) is 3.35. The molecule has 0 spiro atoms. The molecule has 1 aliphatic heterocycles. The largest absolute Gasteiger partial charge is 0.515 e. The molecule has 1 aliphatic rings. The quantitative estimate of drug-likeness (QED) is 0.168. The van der Waals surface area contributed by atoms with Gasteiger partial charge in [0.05, 0.1) is 11.2 Å². The van der Waals surface area contributed by atoms with Crippen LogP contribution in [-0.4, -0.2) is 46.6 Å². The Kier molecular flexibility index (Phi) is 8.26. The highest BCUT2D eigenvalue weighted by atomic mass is 16.7. The van der Waals surface area contributed by atoms with Crippen molar-refractivity contribution in [3.63, 3.8) is 0 Å². The van der Waals surface area contributed by atoms with Gasteiger partial charge in [0.2, 0.25) is 5.88 Å². The van der Waals surface area contributed by atoms with Gasteiger partial charge in [-0.05, 0) is 65.7 Å². The molecule has 43 heavy (non-hydrogen) atoms. The predicted molar refractivity (Wildman–Crippen MR) is 161 cm³/mol. The van der Waals surface area contributed by atoms with Crippen molar-refractivity contribution in [3.8, 4) is 5.88 Å². The molecule has 1 atom stereocenters. The number of aromatic nitrogens is 1. The number of allylic oxidation sites excluding steroid dienone is 1. The van der Waals surface area contributed by atoms with Crippen molar-refractivity contribution in [2.24, 2.45) is 0 Å². The molecule has 4 rings (SSSR count). The highest BCUT2D eigenvalue weighted by molar-refractivity contribution is 6.24. The van der Waals surface area contributed by atoms with Crippen molar-refractivity contribution in [2.75, 3.05) is 11.5 Å². The van der Waals surface area contributed by atoms with Crippen LogP contribution in [0.3, 0.4) is 0 Å². The van der Waals surface area contributed by atoms with Crippen molar-refractivity contribution < 1.29 is 38.1 Å². The fraction of sp³-hybridized carbons (Fsp3) is 0.333. The Balaban J connectivity index is 2.11. The molecule has 1 aromatic heterocycles. The first-order valence-electron chi connectivity index (χ1n) is 13.8. The molecule has 2 amide bonds. The van der Waals surface area contributed by atoms with Crippen LogP contribution in [-0.2, 0) is 24.4 Å². The minimum Gasteiger partial charge on any atom is -0.443 e. The van der Waals surface area contributed by atoms with Gasteiger partial charge in [-0.25, -0.2) is 23.9 Å². The zero-order chi connectivity index (χ0) is 31.7. The fourth-order valence-electron chi connectivity index (χ4n) is 5.14. The van der Waals surface area contributed by atoms with E-state index in [0.717, 1.165) is 9.47 Å². The highest BCUT2D eigenvalue weighted by Gasteiger charge is 2.57. The summed E-state index contributed by atoms with van der Waals surface area (Å²) in [7, 11) is 0. The molecule has 10 nitrogen and oxygen atoms in total. The molecule has 3 aromatic rings. The van der Waals surface area contributed by atoms with E-state index in [-0.39, 0.29) is 30.2 Å². The molecule has 226 valence electrons. The van der Waals surface area contributed by atoms with Crippen molar-refractivity contribution >= 4 is 40.8 Å². The molecule has 2 heterocycles. The van der Waals surface area contributed by atoms with Crippen molar-refractivity contribution in [1.29, 1.82) is 0 Å². The zero-order valence-electron chi connectivity index (χ0n) is 25.3. The minimum absolute atomic E-state index is 0.0253. The number of carbonyl (C=O) groups excluding carboxylic acids is 4. The topological polar surface area (TPSA) is 113 Å². The Morgan fingerprint density at radius 3 is 2.09 bits per heavy atom. The lowest BCUT2D eigenvalue weighted by Crippen LogP contribution is -2.46. The lowest BCUT2D eigenvalue weighted by Gasteiger charge is -2.29. The number of carbonyl (C=O) groups is 4. The van der Waals surface area contributed by atoms with Crippen molar-refractivity contribution in [1.82, 2.24) is 4.57 Å². The van der Waals surface area contributed by atoms with E-state index in [9.17, 15) is 19.2 Å². The van der Waals surface area contributed by atoms with Gasteiger partial charge in [-0.2, -0.15) is 0 Å². The monoisotopic (exact) mass is 588 g/mol. The second kappa shape index (κ2) is 11.4. The third kappa shape index (κ3) is 5.77. The maximum Gasteiger partial charge on any atom is 0.515 e. The molecule has 0 fully saturated rings. The van der Waals surface area contributed by atoms with Crippen LogP contribution < -0.4 is 9.64 Å². The summed E-state index contributed by atoms with van der Waals surface area (Å²) in [4.78, 5) is 55.9. The van der Waals surface area contributed by atoms with Gasteiger partial charge in [-0.1, -0.05) is 55.1 Å². The molecule has 0 radical (unpaired) electrons. The number of ether oxygens (including phenoxy) is 4. The number of imide groups is 1. The molecule has 0 N–H and O–H groups in total. The van der Waals surface area contributed by atoms with Crippen LogP contribution in [0.4, 0.5) is 20.1 Å². The van der Waals surface area contributed by atoms with Crippen LogP contribution in [0.2, 0.25) is 0 Å². The summed E-state index contributed by atoms with van der Waals surface area (Å²) in [5.74, 6) is -0.959. The Bertz CT molecular complexity index is 1620. The first-order chi connectivity index (χ1) is 20.2. The summed E-state index contributed by atoms with van der Waals surface area (Å²) in [5.41, 5.74) is -2.29. The van der Waals surface area contributed by atoms with E-state index in [1.54, 1.807) is 90.1 Å². The molecule has 10 heteroatoms. The smallest absolute Gasteiger partial charge is 0.443 e. The van der Waals surface area contributed by atoms with E-state index < -0.39 is 40.9 Å². The normalized spacial score (nSPS) is 16.4. The molecule has 0 saturated heterocycles.